The SMILES string of the molecule is C[C@@H]1CN[C@H](CS(N)(=O)=O)C1. The van der Waals surface area contributed by atoms with Gasteiger partial charge in [-0.15, -0.1) is 0 Å². The lowest BCUT2D eigenvalue weighted by Gasteiger charge is -2.06. The molecule has 11 heavy (non-hydrogen) atoms. The Kier molecular flexibility index (Phi) is 2.51. The van der Waals surface area contributed by atoms with Gasteiger partial charge in [0.15, 0.2) is 0 Å². The van der Waals surface area contributed by atoms with Gasteiger partial charge in [-0.3, -0.25) is 0 Å². The quantitative estimate of drug-likeness (QED) is 0.585. The Balaban J connectivity index is 2.41. The van der Waals surface area contributed by atoms with E-state index in [-0.39, 0.29) is 11.8 Å². The molecule has 0 radical (unpaired) electrons. The fourth-order valence-corrected chi connectivity index (χ4v) is 2.24. The van der Waals surface area contributed by atoms with E-state index >= 15 is 0 Å². The standard InChI is InChI=1S/C6H14N2O2S/c1-5-2-6(8-3-5)4-11(7,9)10/h5-6,8H,2-4H2,1H3,(H2,7,9,10)/t5-,6-/m0/s1. The van der Waals surface area contributed by atoms with Gasteiger partial charge in [0.1, 0.15) is 0 Å². The largest absolute Gasteiger partial charge is 0.313 e. The van der Waals surface area contributed by atoms with E-state index in [0.29, 0.717) is 5.92 Å². The summed E-state index contributed by atoms with van der Waals surface area (Å²) in [5, 5.41) is 8.00. The lowest BCUT2D eigenvalue weighted by molar-refractivity contribution is 0.573. The Bertz CT molecular complexity index is 225. The van der Waals surface area contributed by atoms with Crippen molar-refractivity contribution in [3.8, 4) is 0 Å². The normalized spacial score (nSPS) is 32.5. The molecule has 0 bridgehead atoms. The number of nitrogens with one attached hydrogen (secondary N) is 1. The summed E-state index contributed by atoms with van der Waals surface area (Å²) in [5.41, 5.74) is 0. The minimum atomic E-state index is -3.29. The molecule has 0 unspecified atom stereocenters. The highest BCUT2D eigenvalue weighted by molar-refractivity contribution is 7.89. The van der Waals surface area contributed by atoms with Crippen molar-refractivity contribution in [1.82, 2.24) is 5.32 Å². The zero-order valence-corrected chi connectivity index (χ0v) is 7.39. The summed E-state index contributed by atoms with van der Waals surface area (Å²) in [6.07, 6.45) is 0.913. The van der Waals surface area contributed by atoms with Gasteiger partial charge >= 0.3 is 0 Å². The van der Waals surface area contributed by atoms with Crippen LogP contribution >= 0.6 is 0 Å². The van der Waals surface area contributed by atoms with E-state index in [1.54, 1.807) is 0 Å². The highest BCUT2D eigenvalue weighted by Gasteiger charge is 2.23. The summed E-state index contributed by atoms with van der Waals surface area (Å²) >= 11 is 0. The van der Waals surface area contributed by atoms with Crippen LogP contribution in [0.25, 0.3) is 0 Å². The monoisotopic (exact) mass is 178 g/mol. The van der Waals surface area contributed by atoms with E-state index in [4.69, 9.17) is 5.14 Å². The molecule has 1 aliphatic rings. The molecule has 0 amide bonds. The van der Waals surface area contributed by atoms with Crippen molar-refractivity contribution in [1.29, 1.82) is 0 Å². The van der Waals surface area contributed by atoms with Crippen molar-refractivity contribution in [3.05, 3.63) is 0 Å². The Hall–Kier alpha value is -0.130. The summed E-state index contributed by atoms with van der Waals surface area (Å²) in [6.45, 7) is 3.00. The van der Waals surface area contributed by atoms with Gasteiger partial charge in [0.05, 0.1) is 5.75 Å². The molecule has 1 heterocycles. The third-order valence-corrected chi connectivity index (χ3v) is 2.74. The van der Waals surface area contributed by atoms with E-state index in [1.807, 2.05) is 0 Å². The van der Waals surface area contributed by atoms with Crippen LogP contribution < -0.4 is 10.5 Å². The van der Waals surface area contributed by atoms with Crippen LogP contribution in [0.5, 0.6) is 0 Å². The van der Waals surface area contributed by atoms with Crippen LogP contribution in [0.15, 0.2) is 0 Å². The lowest BCUT2D eigenvalue weighted by atomic mass is 10.1. The molecule has 3 N–H and O–H groups in total. The third kappa shape index (κ3) is 3.18. The second-order valence-corrected chi connectivity index (χ2v) is 4.93. The van der Waals surface area contributed by atoms with Crippen molar-refractivity contribution >= 4 is 10.0 Å². The van der Waals surface area contributed by atoms with Crippen molar-refractivity contribution < 1.29 is 8.42 Å². The molecule has 2 atom stereocenters. The first-order valence-corrected chi connectivity index (χ1v) is 5.43. The number of rotatable bonds is 2. The van der Waals surface area contributed by atoms with Crippen molar-refractivity contribution in [2.75, 3.05) is 12.3 Å². The first-order valence-electron chi connectivity index (χ1n) is 3.71. The summed E-state index contributed by atoms with van der Waals surface area (Å²) in [5.74, 6) is 0.638. The van der Waals surface area contributed by atoms with Crippen LogP contribution in [0.3, 0.4) is 0 Å². The number of primary sulfonamides is 1. The van der Waals surface area contributed by atoms with Crippen LogP contribution in [0, 0.1) is 5.92 Å². The van der Waals surface area contributed by atoms with Crippen LogP contribution in [0.2, 0.25) is 0 Å². The minimum Gasteiger partial charge on any atom is -0.313 e. The number of hydrogen-bond acceptors (Lipinski definition) is 3. The lowest BCUT2D eigenvalue weighted by Crippen LogP contribution is -2.33. The number of nitrogens with two attached hydrogens (primary N) is 1. The third-order valence-electron chi connectivity index (χ3n) is 1.88. The zero-order chi connectivity index (χ0) is 8.48. The Morgan fingerprint density at radius 1 is 1.64 bits per heavy atom. The molecule has 1 aliphatic heterocycles. The predicted molar refractivity (Wildman–Crippen MR) is 43.5 cm³/mol. The Morgan fingerprint density at radius 3 is 2.64 bits per heavy atom. The highest BCUT2D eigenvalue weighted by atomic mass is 32.2. The second kappa shape index (κ2) is 3.08. The van der Waals surface area contributed by atoms with E-state index in [2.05, 4.69) is 12.2 Å². The van der Waals surface area contributed by atoms with Crippen molar-refractivity contribution in [2.45, 2.75) is 19.4 Å². The molecule has 1 rings (SSSR count). The smallest absolute Gasteiger partial charge is 0.210 e. The molecule has 1 fully saturated rings. The molecule has 0 aromatic rings. The minimum absolute atomic E-state index is 0.0668. The Morgan fingerprint density at radius 2 is 2.27 bits per heavy atom. The first kappa shape index (κ1) is 8.96. The van der Waals surface area contributed by atoms with Gasteiger partial charge in [-0.05, 0) is 18.9 Å². The molecule has 5 heteroatoms. The number of sulfonamides is 1. The molecule has 4 nitrogen and oxygen atoms in total. The fourth-order valence-electron chi connectivity index (χ4n) is 1.43. The van der Waals surface area contributed by atoms with E-state index in [1.165, 1.54) is 0 Å². The highest BCUT2D eigenvalue weighted by Crippen LogP contribution is 2.13. The van der Waals surface area contributed by atoms with Gasteiger partial charge in [0.2, 0.25) is 10.0 Å². The fraction of sp³-hybridized carbons (Fsp3) is 1.00. The molecular weight excluding hydrogens is 164 g/mol. The van der Waals surface area contributed by atoms with Gasteiger partial charge in [0, 0.05) is 6.04 Å². The summed E-state index contributed by atoms with van der Waals surface area (Å²) in [4.78, 5) is 0. The van der Waals surface area contributed by atoms with E-state index in [9.17, 15) is 8.42 Å². The number of hydrogen-bond donors (Lipinski definition) is 2. The van der Waals surface area contributed by atoms with Crippen LogP contribution in [0.4, 0.5) is 0 Å². The van der Waals surface area contributed by atoms with Crippen LogP contribution in [-0.2, 0) is 10.0 Å². The molecule has 66 valence electrons. The molecule has 0 aromatic carbocycles. The predicted octanol–water partition coefficient (Wildman–Crippen LogP) is -0.727. The Labute approximate surface area is 67.2 Å². The van der Waals surface area contributed by atoms with Crippen molar-refractivity contribution in [3.63, 3.8) is 0 Å². The van der Waals surface area contributed by atoms with Gasteiger partial charge in [-0.25, -0.2) is 13.6 Å². The molecular formula is C6H14N2O2S. The average Bonchev–Trinajstić information content (AvgIpc) is 2.10. The molecule has 0 aromatic heterocycles. The second-order valence-electron chi connectivity index (χ2n) is 3.28. The summed E-state index contributed by atoms with van der Waals surface area (Å²) < 4.78 is 21.3. The average molecular weight is 178 g/mol. The maximum absolute atomic E-state index is 10.6. The van der Waals surface area contributed by atoms with Gasteiger partial charge in [-0.1, -0.05) is 6.92 Å². The molecule has 1 saturated heterocycles. The summed E-state index contributed by atoms with van der Waals surface area (Å²) in [6, 6.07) is 0.0694. The van der Waals surface area contributed by atoms with Gasteiger partial charge in [0.25, 0.3) is 0 Å². The maximum Gasteiger partial charge on any atom is 0.210 e. The molecule has 0 saturated carbocycles. The maximum atomic E-state index is 10.6. The van der Waals surface area contributed by atoms with Gasteiger partial charge < -0.3 is 5.32 Å². The van der Waals surface area contributed by atoms with Crippen LogP contribution in [0.1, 0.15) is 13.3 Å². The van der Waals surface area contributed by atoms with Crippen molar-refractivity contribution in [2.24, 2.45) is 11.1 Å². The van der Waals surface area contributed by atoms with Crippen LogP contribution in [-0.4, -0.2) is 26.8 Å². The topological polar surface area (TPSA) is 72.2 Å². The van der Waals surface area contributed by atoms with Gasteiger partial charge in [-0.2, -0.15) is 0 Å². The van der Waals surface area contributed by atoms with E-state index in [0.717, 1.165) is 13.0 Å². The van der Waals surface area contributed by atoms with E-state index < -0.39 is 10.0 Å². The molecule has 0 aliphatic carbocycles. The first-order chi connectivity index (χ1) is 4.97. The summed E-state index contributed by atoms with van der Waals surface area (Å²) in [7, 11) is -3.29. The zero-order valence-electron chi connectivity index (χ0n) is 6.58. The molecule has 0 spiro atoms.